The number of carbonyl (C=O) groups excluding carboxylic acids is 2. The van der Waals surface area contributed by atoms with Crippen molar-refractivity contribution in [1.29, 1.82) is 0 Å². The molecule has 0 fully saturated rings. The maximum absolute atomic E-state index is 11.8. The van der Waals surface area contributed by atoms with E-state index in [0.717, 1.165) is 11.1 Å². The molecule has 0 aliphatic carbocycles. The third-order valence-electron chi connectivity index (χ3n) is 3.35. The number of hydrogen-bond acceptors (Lipinski definition) is 2. The normalized spacial score (nSPS) is 10.3. The minimum Gasteiger partial charge on any atom is -0.349 e. The zero-order valence-electron chi connectivity index (χ0n) is 12.4. The SMILES string of the molecule is Cc1ccc(CCNC(=O)C(=O)Cc2ccc(Cl)cc2)cc1. The summed E-state index contributed by atoms with van der Waals surface area (Å²) in [6.45, 7) is 2.48. The van der Waals surface area contributed by atoms with Crippen molar-refractivity contribution in [1.82, 2.24) is 5.32 Å². The Balaban J connectivity index is 1.77. The smallest absolute Gasteiger partial charge is 0.287 e. The van der Waals surface area contributed by atoms with Crippen LogP contribution in [0.25, 0.3) is 0 Å². The average molecular weight is 316 g/mol. The molecule has 0 aromatic heterocycles. The molecular weight excluding hydrogens is 298 g/mol. The number of rotatable bonds is 6. The van der Waals surface area contributed by atoms with Gasteiger partial charge in [0, 0.05) is 18.0 Å². The van der Waals surface area contributed by atoms with Gasteiger partial charge in [-0.3, -0.25) is 9.59 Å². The predicted molar refractivity (Wildman–Crippen MR) is 88.1 cm³/mol. The van der Waals surface area contributed by atoms with E-state index < -0.39 is 11.7 Å². The third kappa shape index (κ3) is 5.01. The predicted octanol–water partition coefficient (Wildman–Crippen LogP) is 3.12. The lowest BCUT2D eigenvalue weighted by atomic mass is 10.1. The Hall–Kier alpha value is -2.13. The molecule has 1 amide bonds. The van der Waals surface area contributed by atoms with E-state index in [1.54, 1.807) is 24.3 Å². The highest BCUT2D eigenvalue weighted by molar-refractivity contribution is 6.36. The Morgan fingerprint density at radius 1 is 0.955 bits per heavy atom. The van der Waals surface area contributed by atoms with Gasteiger partial charge in [-0.15, -0.1) is 0 Å². The fraction of sp³-hybridized carbons (Fsp3) is 0.222. The number of Topliss-reactive ketones (excluding diaryl/α,β-unsaturated/α-hetero) is 1. The summed E-state index contributed by atoms with van der Waals surface area (Å²) >= 11 is 5.78. The lowest BCUT2D eigenvalue weighted by Crippen LogP contribution is -2.33. The van der Waals surface area contributed by atoms with Crippen LogP contribution in [0.4, 0.5) is 0 Å². The van der Waals surface area contributed by atoms with E-state index in [9.17, 15) is 9.59 Å². The van der Waals surface area contributed by atoms with Crippen LogP contribution in [0.5, 0.6) is 0 Å². The molecular formula is C18H18ClNO2. The van der Waals surface area contributed by atoms with E-state index >= 15 is 0 Å². The summed E-state index contributed by atoms with van der Waals surface area (Å²) in [5.74, 6) is -0.978. The summed E-state index contributed by atoms with van der Waals surface area (Å²) in [7, 11) is 0. The Kier molecular flexibility index (Phi) is 5.73. The van der Waals surface area contributed by atoms with Crippen molar-refractivity contribution >= 4 is 23.3 Å². The molecule has 114 valence electrons. The molecule has 0 bridgehead atoms. The van der Waals surface area contributed by atoms with Crippen LogP contribution < -0.4 is 5.32 Å². The Bertz CT molecular complexity index is 648. The van der Waals surface area contributed by atoms with E-state index in [1.165, 1.54) is 5.56 Å². The first kappa shape index (κ1) is 16.2. The van der Waals surface area contributed by atoms with Gasteiger partial charge in [0.1, 0.15) is 0 Å². The molecule has 0 saturated heterocycles. The summed E-state index contributed by atoms with van der Waals surface area (Å²) in [5, 5.41) is 3.27. The van der Waals surface area contributed by atoms with Crippen LogP contribution in [0.15, 0.2) is 48.5 Å². The topological polar surface area (TPSA) is 46.2 Å². The van der Waals surface area contributed by atoms with Gasteiger partial charge in [0.2, 0.25) is 5.78 Å². The second-order valence-corrected chi connectivity index (χ2v) is 5.65. The van der Waals surface area contributed by atoms with Gasteiger partial charge in [-0.2, -0.15) is 0 Å². The lowest BCUT2D eigenvalue weighted by Gasteiger charge is -2.05. The van der Waals surface area contributed by atoms with Crippen molar-refractivity contribution in [2.24, 2.45) is 0 Å². The molecule has 0 spiro atoms. The van der Waals surface area contributed by atoms with Gasteiger partial charge in [-0.25, -0.2) is 0 Å². The first-order chi connectivity index (χ1) is 10.5. The van der Waals surface area contributed by atoms with Gasteiger partial charge < -0.3 is 5.32 Å². The maximum atomic E-state index is 11.8. The molecule has 2 rings (SSSR count). The van der Waals surface area contributed by atoms with Crippen molar-refractivity contribution in [2.45, 2.75) is 19.8 Å². The molecule has 22 heavy (non-hydrogen) atoms. The zero-order valence-corrected chi connectivity index (χ0v) is 13.2. The van der Waals surface area contributed by atoms with E-state index in [0.29, 0.717) is 18.0 Å². The minimum absolute atomic E-state index is 0.0908. The van der Waals surface area contributed by atoms with Crippen LogP contribution in [-0.2, 0) is 22.4 Å². The van der Waals surface area contributed by atoms with Crippen LogP contribution in [0.2, 0.25) is 5.02 Å². The minimum atomic E-state index is -0.540. The monoisotopic (exact) mass is 315 g/mol. The Morgan fingerprint density at radius 2 is 1.55 bits per heavy atom. The second kappa shape index (κ2) is 7.76. The number of hydrogen-bond donors (Lipinski definition) is 1. The van der Waals surface area contributed by atoms with Gasteiger partial charge in [-0.05, 0) is 36.6 Å². The molecule has 1 N–H and O–H groups in total. The largest absolute Gasteiger partial charge is 0.349 e. The molecule has 0 saturated carbocycles. The van der Waals surface area contributed by atoms with Gasteiger partial charge in [0.15, 0.2) is 0 Å². The zero-order chi connectivity index (χ0) is 15.9. The number of amides is 1. The molecule has 0 radical (unpaired) electrons. The first-order valence-electron chi connectivity index (χ1n) is 7.15. The molecule has 3 nitrogen and oxygen atoms in total. The highest BCUT2D eigenvalue weighted by atomic mass is 35.5. The number of aryl methyl sites for hydroxylation is 1. The molecule has 2 aromatic carbocycles. The first-order valence-corrected chi connectivity index (χ1v) is 7.53. The second-order valence-electron chi connectivity index (χ2n) is 5.22. The molecule has 2 aromatic rings. The number of halogens is 1. The van der Waals surface area contributed by atoms with Gasteiger partial charge in [0.05, 0.1) is 0 Å². The van der Waals surface area contributed by atoms with Crippen LogP contribution in [0.1, 0.15) is 16.7 Å². The van der Waals surface area contributed by atoms with Gasteiger partial charge in [-0.1, -0.05) is 53.6 Å². The highest BCUT2D eigenvalue weighted by Gasteiger charge is 2.13. The van der Waals surface area contributed by atoms with Gasteiger partial charge >= 0.3 is 0 Å². The molecule has 0 aliphatic heterocycles. The van der Waals surface area contributed by atoms with Crippen LogP contribution >= 0.6 is 11.6 Å². The number of nitrogens with one attached hydrogen (secondary N) is 1. The van der Waals surface area contributed by atoms with Crippen molar-refractivity contribution in [3.63, 3.8) is 0 Å². The quantitative estimate of drug-likeness (QED) is 0.833. The van der Waals surface area contributed by atoms with Gasteiger partial charge in [0.25, 0.3) is 5.91 Å². The summed E-state index contributed by atoms with van der Waals surface area (Å²) in [4.78, 5) is 23.6. The standard InChI is InChI=1S/C18H18ClNO2/c1-13-2-4-14(5-3-13)10-11-20-18(22)17(21)12-15-6-8-16(19)9-7-15/h2-9H,10-12H2,1H3,(H,20,22). The van der Waals surface area contributed by atoms with E-state index in [1.807, 2.05) is 31.2 Å². The summed E-state index contributed by atoms with van der Waals surface area (Å²) in [5.41, 5.74) is 3.12. The van der Waals surface area contributed by atoms with Crippen molar-refractivity contribution in [3.8, 4) is 0 Å². The number of carbonyl (C=O) groups is 2. The molecule has 0 atom stereocenters. The third-order valence-corrected chi connectivity index (χ3v) is 3.60. The van der Waals surface area contributed by atoms with Crippen LogP contribution in [0, 0.1) is 6.92 Å². The number of benzene rings is 2. The molecule has 0 aliphatic rings. The fourth-order valence-electron chi connectivity index (χ4n) is 2.04. The van der Waals surface area contributed by atoms with Crippen molar-refractivity contribution in [3.05, 3.63) is 70.2 Å². The Morgan fingerprint density at radius 3 is 2.18 bits per heavy atom. The summed E-state index contributed by atoms with van der Waals surface area (Å²) in [6.07, 6.45) is 0.799. The van der Waals surface area contributed by atoms with Crippen molar-refractivity contribution < 1.29 is 9.59 Å². The average Bonchev–Trinajstić information content (AvgIpc) is 2.51. The highest BCUT2D eigenvalue weighted by Crippen LogP contribution is 2.10. The molecule has 0 heterocycles. The lowest BCUT2D eigenvalue weighted by molar-refractivity contribution is -0.137. The molecule has 0 unspecified atom stereocenters. The van der Waals surface area contributed by atoms with Crippen LogP contribution in [-0.4, -0.2) is 18.2 Å². The van der Waals surface area contributed by atoms with Crippen molar-refractivity contribution in [2.75, 3.05) is 6.54 Å². The fourth-order valence-corrected chi connectivity index (χ4v) is 2.17. The number of ketones is 1. The summed E-state index contributed by atoms with van der Waals surface area (Å²) < 4.78 is 0. The van der Waals surface area contributed by atoms with E-state index in [4.69, 9.17) is 11.6 Å². The van der Waals surface area contributed by atoms with E-state index in [-0.39, 0.29) is 6.42 Å². The van der Waals surface area contributed by atoms with Crippen LogP contribution in [0.3, 0.4) is 0 Å². The van der Waals surface area contributed by atoms with E-state index in [2.05, 4.69) is 5.32 Å². The Labute approximate surface area is 135 Å². The maximum Gasteiger partial charge on any atom is 0.287 e. The summed E-state index contributed by atoms with van der Waals surface area (Å²) in [6, 6.07) is 15.0. The molecule has 4 heteroatoms.